The number of nitrogens with one attached hydrogen (secondary N) is 2. The topological polar surface area (TPSA) is 77.0 Å². The van der Waals surface area contributed by atoms with Crippen LogP contribution in [-0.4, -0.2) is 76.7 Å². The van der Waals surface area contributed by atoms with Gasteiger partial charge in [0.2, 0.25) is 10.0 Å². The van der Waals surface area contributed by atoms with Gasteiger partial charge in [-0.25, -0.2) is 13.1 Å². The van der Waals surface area contributed by atoms with Crippen molar-refractivity contribution < 1.29 is 8.42 Å². The van der Waals surface area contributed by atoms with Crippen LogP contribution in [0.4, 0.5) is 0 Å². The van der Waals surface area contributed by atoms with E-state index in [1.54, 1.807) is 7.05 Å². The molecule has 0 aliphatic carbocycles. The number of sulfonamides is 1. The summed E-state index contributed by atoms with van der Waals surface area (Å²) in [4.78, 5) is 8.97. The quantitative estimate of drug-likeness (QED) is 0.265. The molecule has 0 bridgehead atoms. The van der Waals surface area contributed by atoms with Crippen LogP contribution < -0.4 is 10.0 Å². The van der Waals surface area contributed by atoms with Crippen LogP contribution in [0, 0.1) is 6.92 Å². The maximum atomic E-state index is 11.1. The Morgan fingerprint density at radius 2 is 1.88 bits per heavy atom. The summed E-state index contributed by atoms with van der Waals surface area (Å²) in [5.41, 5.74) is 2.64. The van der Waals surface area contributed by atoms with Gasteiger partial charge in [0.1, 0.15) is 0 Å². The molecule has 1 saturated heterocycles. The smallest absolute Gasteiger partial charge is 0.208 e. The van der Waals surface area contributed by atoms with Crippen molar-refractivity contribution in [3.63, 3.8) is 0 Å². The van der Waals surface area contributed by atoms with E-state index in [1.165, 1.54) is 11.1 Å². The summed E-state index contributed by atoms with van der Waals surface area (Å²) >= 11 is 0. The fourth-order valence-electron chi connectivity index (χ4n) is 2.93. The zero-order valence-corrected chi connectivity index (χ0v) is 18.9. The number of nitrogens with zero attached hydrogens (tertiary/aromatic N) is 3. The highest BCUT2D eigenvalue weighted by molar-refractivity contribution is 14.0. The number of piperazine rings is 1. The first-order valence-corrected chi connectivity index (χ1v) is 10.4. The van der Waals surface area contributed by atoms with Crippen molar-refractivity contribution in [3.05, 3.63) is 35.4 Å². The fourth-order valence-corrected chi connectivity index (χ4v) is 3.40. The van der Waals surface area contributed by atoms with Gasteiger partial charge in [-0.1, -0.05) is 29.8 Å². The minimum Gasteiger partial charge on any atom is -0.355 e. The minimum absolute atomic E-state index is 0. The Labute approximate surface area is 174 Å². The molecule has 0 unspecified atom stereocenters. The summed E-state index contributed by atoms with van der Waals surface area (Å²) in [5.74, 6) is 0.825. The molecule has 1 aromatic rings. The van der Waals surface area contributed by atoms with Crippen LogP contribution in [0.2, 0.25) is 0 Å². The van der Waals surface area contributed by atoms with Gasteiger partial charge < -0.3 is 10.2 Å². The Kier molecular flexibility index (Phi) is 9.83. The molecule has 1 heterocycles. The molecule has 0 saturated carbocycles. The van der Waals surface area contributed by atoms with Crippen LogP contribution in [0.1, 0.15) is 11.1 Å². The minimum atomic E-state index is -3.14. The van der Waals surface area contributed by atoms with Crippen molar-refractivity contribution >= 4 is 40.0 Å². The van der Waals surface area contributed by atoms with E-state index in [2.05, 4.69) is 56.0 Å². The van der Waals surface area contributed by atoms with E-state index >= 15 is 0 Å². The molecule has 0 atom stereocenters. The average molecular weight is 495 g/mol. The standard InChI is InChI=1S/C17H29N5O2S.HI/c1-15-5-4-6-16(13-15)14-21-9-11-22(12-10-21)17(18-2)19-7-8-20-25(3,23)24;/h4-6,13,20H,7-12,14H2,1-3H3,(H,18,19);1H. The SMILES string of the molecule is CN=C(NCCNS(C)(=O)=O)N1CCN(Cc2cccc(C)c2)CC1.I. The van der Waals surface area contributed by atoms with Crippen LogP contribution in [-0.2, 0) is 16.6 Å². The summed E-state index contributed by atoms with van der Waals surface area (Å²) in [5, 5.41) is 3.21. The molecule has 1 aromatic carbocycles. The largest absolute Gasteiger partial charge is 0.355 e. The number of benzene rings is 1. The second-order valence-electron chi connectivity index (χ2n) is 6.39. The van der Waals surface area contributed by atoms with Crippen molar-refractivity contribution in [2.75, 3.05) is 52.6 Å². The highest BCUT2D eigenvalue weighted by Crippen LogP contribution is 2.10. The zero-order valence-electron chi connectivity index (χ0n) is 15.7. The van der Waals surface area contributed by atoms with E-state index in [1.807, 2.05) is 0 Å². The lowest BCUT2D eigenvalue weighted by Gasteiger charge is -2.36. The van der Waals surface area contributed by atoms with E-state index in [4.69, 9.17) is 0 Å². The lowest BCUT2D eigenvalue weighted by Crippen LogP contribution is -2.52. The summed E-state index contributed by atoms with van der Waals surface area (Å²) in [6, 6.07) is 8.64. The molecule has 148 valence electrons. The molecule has 26 heavy (non-hydrogen) atoms. The summed E-state index contributed by atoms with van der Waals surface area (Å²) in [6.07, 6.45) is 1.16. The van der Waals surface area contributed by atoms with E-state index in [9.17, 15) is 8.42 Å². The molecule has 2 rings (SSSR count). The Hall–Kier alpha value is -0.910. The molecule has 7 nitrogen and oxygen atoms in total. The second-order valence-corrected chi connectivity index (χ2v) is 8.23. The Balaban J connectivity index is 0.00000338. The van der Waals surface area contributed by atoms with Gasteiger partial charge in [-0.05, 0) is 12.5 Å². The summed E-state index contributed by atoms with van der Waals surface area (Å²) in [7, 11) is -1.39. The molecule has 0 spiro atoms. The first-order chi connectivity index (χ1) is 11.9. The lowest BCUT2D eigenvalue weighted by atomic mass is 10.1. The maximum Gasteiger partial charge on any atom is 0.208 e. The van der Waals surface area contributed by atoms with Crippen LogP contribution in [0.3, 0.4) is 0 Å². The van der Waals surface area contributed by atoms with Gasteiger partial charge in [-0.3, -0.25) is 9.89 Å². The summed E-state index contributed by atoms with van der Waals surface area (Å²) < 4.78 is 24.6. The normalized spacial score (nSPS) is 16.3. The Bertz CT molecular complexity index is 688. The highest BCUT2D eigenvalue weighted by Gasteiger charge is 2.19. The Morgan fingerprint density at radius 1 is 1.19 bits per heavy atom. The van der Waals surface area contributed by atoms with E-state index in [0.29, 0.717) is 13.1 Å². The zero-order chi connectivity index (χ0) is 18.3. The summed E-state index contributed by atoms with van der Waals surface area (Å²) in [6.45, 7) is 7.74. The van der Waals surface area contributed by atoms with Gasteiger partial charge >= 0.3 is 0 Å². The van der Waals surface area contributed by atoms with Gasteiger partial charge in [0.25, 0.3) is 0 Å². The number of aryl methyl sites for hydroxylation is 1. The molecule has 1 aliphatic rings. The van der Waals surface area contributed by atoms with E-state index < -0.39 is 10.0 Å². The molecular weight excluding hydrogens is 465 g/mol. The number of aliphatic imine (C=N–C) groups is 1. The first kappa shape index (κ1) is 23.1. The molecule has 0 amide bonds. The molecule has 2 N–H and O–H groups in total. The van der Waals surface area contributed by atoms with E-state index in [0.717, 1.165) is 44.9 Å². The van der Waals surface area contributed by atoms with Crippen molar-refractivity contribution in [1.82, 2.24) is 19.8 Å². The predicted octanol–water partition coefficient (Wildman–Crippen LogP) is 0.855. The van der Waals surface area contributed by atoms with Crippen molar-refractivity contribution in [3.8, 4) is 0 Å². The lowest BCUT2D eigenvalue weighted by molar-refractivity contribution is 0.172. The third-order valence-electron chi connectivity index (χ3n) is 4.14. The number of hydrogen-bond acceptors (Lipinski definition) is 4. The molecule has 0 aromatic heterocycles. The number of guanidine groups is 1. The van der Waals surface area contributed by atoms with Crippen molar-refractivity contribution in [1.29, 1.82) is 0 Å². The number of halogens is 1. The van der Waals surface area contributed by atoms with E-state index in [-0.39, 0.29) is 24.0 Å². The van der Waals surface area contributed by atoms with Gasteiger partial charge in [-0.15, -0.1) is 24.0 Å². The first-order valence-electron chi connectivity index (χ1n) is 8.55. The average Bonchev–Trinajstić information content (AvgIpc) is 2.55. The fraction of sp³-hybridized carbons (Fsp3) is 0.588. The third kappa shape index (κ3) is 8.19. The molecular formula is C17H30IN5O2S. The van der Waals surface area contributed by atoms with Gasteiger partial charge in [0, 0.05) is 52.9 Å². The number of rotatable bonds is 6. The van der Waals surface area contributed by atoms with Crippen molar-refractivity contribution in [2.45, 2.75) is 13.5 Å². The molecule has 1 fully saturated rings. The maximum absolute atomic E-state index is 11.1. The van der Waals surface area contributed by atoms with Gasteiger partial charge in [0.15, 0.2) is 5.96 Å². The second kappa shape index (κ2) is 11.1. The van der Waals surface area contributed by atoms with Crippen LogP contribution >= 0.6 is 24.0 Å². The molecule has 1 aliphatic heterocycles. The van der Waals surface area contributed by atoms with Crippen molar-refractivity contribution in [2.24, 2.45) is 4.99 Å². The van der Waals surface area contributed by atoms with Crippen LogP contribution in [0.15, 0.2) is 29.3 Å². The monoisotopic (exact) mass is 495 g/mol. The number of hydrogen-bond donors (Lipinski definition) is 2. The Morgan fingerprint density at radius 3 is 2.46 bits per heavy atom. The highest BCUT2D eigenvalue weighted by atomic mass is 127. The van der Waals surface area contributed by atoms with Gasteiger partial charge in [-0.2, -0.15) is 0 Å². The molecule has 0 radical (unpaired) electrons. The third-order valence-corrected chi connectivity index (χ3v) is 4.87. The van der Waals surface area contributed by atoms with Crippen LogP contribution in [0.5, 0.6) is 0 Å². The molecule has 9 heteroatoms. The predicted molar refractivity (Wildman–Crippen MR) is 118 cm³/mol. The van der Waals surface area contributed by atoms with Crippen LogP contribution in [0.25, 0.3) is 0 Å². The van der Waals surface area contributed by atoms with Gasteiger partial charge in [0.05, 0.1) is 6.26 Å².